The second-order valence-electron chi connectivity index (χ2n) is 3.95. The van der Waals surface area contributed by atoms with Gasteiger partial charge in [0.05, 0.1) is 0 Å². The van der Waals surface area contributed by atoms with E-state index in [1.165, 1.54) is 0 Å². The summed E-state index contributed by atoms with van der Waals surface area (Å²) in [6.07, 6.45) is 0.722. The number of ketones is 1. The van der Waals surface area contributed by atoms with Crippen molar-refractivity contribution in [1.29, 1.82) is 0 Å². The van der Waals surface area contributed by atoms with E-state index >= 15 is 0 Å². The molecular formula is C13H14O4. The molecule has 0 aliphatic rings. The van der Waals surface area contributed by atoms with Gasteiger partial charge in [-0.25, -0.2) is 4.79 Å². The number of aryl methyl sites for hydroxylation is 3. The summed E-state index contributed by atoms with van der Waals surface area (Å²) in [6, 6.07) is 3.60. The zero-order chi connectivity index (χ0) is 13.2. The standard InChI is InChI=1S/C13H14O4/c1-7-4-9(3)10(5-8(7)2)11(14)6-12(15)13(16)17/h4-6,14H,1-3H3,(H,16,17)/b11-6-. The molecule has 0 aromatic heterocycles. The van der Waals surface area contributed by atoms with Crippen LogP contribution in [0.3, 0.4) is 0 Å². The first kappa shape index (κ1) is 13.0. The Kier molecular flexibility index (Phi) is 3.68. The van der Waals surface area contributed by atoms with Crippen LogP contribution in [0.25, 0.3) is 5.76 Å². The minimum atomic E-state index is -1.59. The molecule has 0 bridgehead atoms. The maximum absolute atomic E-state index is 11.0. The van der Waals surface area contributed by atoms with E-state index in [0.29, 0.717) is 5.56 Å². The Morgan fingerprint density at radius 2 is 1.53 bits per heavy atom. The van der Waals surface area contributed by atoms with Gasteiger partial charge in [-0.15, -0.1) is 0 Å². The Morgan fingerprint density at radius 3 is 2.06 bits per heavy atom. The predicted octanol–water partition coefficient (Wildman–Crippen LogP) is 2.16. The fraction of sp³-hybridized carbons (Fsp3) is 0.231. The fourth-order valence-electron chi connectivity index (χ4n) is 1.50. The average molecular weight is 234 g/mol. The molecule has 0 aliphatic heterocycles. The minimum absolute atomic E-state index is 0.321. The lowest BCUT2D eigenvalue weighted by Gasteiger charge is -2.08. The van der Waals surface area contributed by atoms with Gasteiger partial charge in [-0.2, -0.15) is 0 Å². The molecule has 1 aromatic carbocycles. The van der Waals surface area contributed by atoms with Crippen LogP contribution in [0.2, 0.25) is 0 Å². The molecule has 0 heterocycles. The largest absolute Gasteiger partial charge is 0.507 e. The van der Waals surface area contributed by atoms with Crippen LogP contribution < -0.4 is 0 Å². The highest BCUT2D eigenvalue weighted by Crippen LogP contribution is 2.21. The van der Waals surface area contributed by atoms with E-state index in [0.717, 1.165) is 22.8 Å². The zero-order valence-electron chi connectivity index (χ0n) is 9.94. The Morgan fingerprint density at radius 1 is 1.00 bits per heavy atom. The van der Waals surface area contributed by atoms with Gasteiger partial charge in [-0.1, -0.05) is 6.07 Å². The SMILES string of the molecule is Cc1cc(C)c(/C(O)=C/C(=O)C(=O)O)cc1C. The summed E-state index contributed by atoms with van der Waals surface area (Å²) in [5.74, 6) is -3.05. The lowest BCUT2D eigenvalue weighted by molar-refractivity contribution is -0.146. The van der Waals surface area contributed by atoms with Crippen LogP contribution >= 0.6 is 0 Å². The van der Waals surface area contributed by atoms with E-state index < -0.39 is 11.8 Å². The topological polar surface area (TPSA) is 74.6 Å². The first-order valence-electron chi connectivity index (χ1n) is 5.09. The Balaban J connectivity index is 3.21. The molecule has 4 nitrogen and oxygen atoms in total. The van der Waals surface area contributed by atoms with Gasteiger partial charge in [-0.3, -0.25) is 4.79 Å². The highest BCUT2D eigenvalue weighted by molar-refractivity contribution is 6.38. The molecule has 4 heteroatoms. The summed E-state index contributed by atoms with van der Waals surface area (Å²) in [7, 11) is 0. The van der Waals surface area contributed by atoms with E-state index in [1.54, 1.807) is 13.0 Å². The second-order valence-corrected chi connectivity index (χ2v) is 3.95. The van der Waals surface area contributed by atoms with E-state index in [9.17, 15) is 14.7 Å². The third kappa shape index (κ3) is 2.93. The molecule has 0 saturated carbocycles. The highest BCUT2D eigenvalue weighted by Gasteiger charge is 2.12. The quantitative estimate of drug-likeness (QED) is 0.477. The molecule has 0 aliphatic carbocycles. The molecule has 0 atom stereocenters. The van der Waals surface area contributed by atoms with Crippen LogP contribution in [-0.4, -0.2) is 22.0 Å². The van der Waals surface area contributed by atoms with Gasteiger partial charge < -0.3 is 10.2 Å². The monoisotopic (exact) mass is 234 g/mol. The molecule has 0 saturated heterocycles. The van der Waals surface area contributed by atoms with E-state index in [2.05, 4.69) is 0 Å². The van der Waals surface area contributed by atoms with Gasteiger partial charge in [-0.05, 0) is 43.5 Å². The van der Waals surface area contributed by atoms with Crippen LogP contribution in [0.15, 0.2) is 18.2 Å². The van der Waals surface area contributed by atoms with Crippen LogP contribution in [-0.2, 0) is 9.59 Å². The smallest absolute Gasteiger partial charge is 0.376 e. The van der Waals surface area contributed by atoms with Gasteiger partial charge in [0, 0.05) is 11.6 Å². The summed E-state index contributed by atoms with van der Waals surface area (Å²) >= 11 is 0. The van der Waals surface area contributed by atoms with Crippen molar-refractivity contribution in [2.24, 2.45) is 0 Å². The lowest BCUT2D eigenvalue weighted by atomic mass is 9.99. The number of hydrogen-bond acceptors (Lipinski definition) is 3. The number of aliphatic carboxylic acids is 1. The number of hydrogen-bond donors (Lipinski definition) is 2. The van der Waals surface area contributed by atoms with Crippen molar-refractivity contribution in [2.45, 2.75) is 20.8 Å². The van der Waals surface area contributed by atoms with Crippen LogP contribution in [0.4, 0.5) is 0 Å². The molecule has 0 fully saturated rings. The number of rotatable bonds is 3. The van der Waals surface area contributed by atoms with E-state index in [4.69, 9.17) is 5.11 Å². The van der Waals surface area contributed by atoms with Gasteiger partial charge in [0.1, 0.15) is 5.76 Å². The molecule has 1 aromatic rings. The Bertz CT molecular complexity index is 512. The van der Waals surface area contributed by atoms with Crippen LogP contribution in [0.1, 0.15) is 22.3 Å². The third-order valence-electron chi connectivity index (χ3n) is 2.60. The molecule has 1 rings (SSSR count). The van der Waals surface area contributed by atoms with Gasteiger partial charge in [0.25, 0.3) is 5.78 Å². The third-order valence-corrected chi connectivity index (χ3v) is 2.60. The molecule has 90 valence electrons. The van der Waals surface area contributed by atoms with Crippen molar-refractivity contribution in [1.82, 2.24) is 0 Å². The van der Waals surface area contributed by atoms with Crippen molar-refractivity contribution >= 4 is 17.5 Å². The highest BCUT2D eigenvalue weighted by atomic mass is 16.4. The van der Waals surface area contributed by atoms with Crippen molar-refractivity contribution in [2.75, 3.05) is 0 Å². The van der Waals surface area contributed by atoms with E-state index in [-0.39, 0.29) is 5.76 Å². The second kappa shape index (κ2) is 4.82. The maximum atomic E-state index is 11.0. The number of aliphatic hydroxyl groups excluding tert-OH is 1. The summed E-state index contributed by atoms with van der Waals surface area (Å²) < 4.78 is 0. The maximum Gasteiger partial charge on any atom is 0.376 e. The molecule has 2 N–H and O–H groups in total. The summed E-state index contributed by atoms with van der Waals surface area (Å²) in [5.41, 5.74) is 3.31. The molecule has 0 unspecified atom stereocenters. The fourth-order valence-corrected chi connectivity index (χ4v) is 1.50. The normalized spacial score (nSPS) is 11.4. The molecule has 0 amide bonds. The Labute approximate surface area is 99.2 Å². The van der Waals surface area contributed by atoms with Crippen molar-refractivity contribution < 1.29 is 19.8 Å². The average Bonchev–Trinajstić information content (AvgIpc) is 2.22. The first-order valence-corrected chi connectivity index (χ1v) is 5.09. The number of benzene rings is 1. The summed E-state index contributed by atoms with van der Waals surface area (Å²) in [4.78, 5) is 21.3. The molecule has 0 spiro atoms. The van der Waals surface area contributed by atoms with E-state index in [1.807, 2.05) is 19.9 Å². The molecular weight excluding hydrogens is 220 g/mol. The number of carbonyl (C=O) groups excluding carboxylic acids is 1. The Hall–Kier alpha value is -2.10. The lowest BCUT2D eigenvalue weighted by Crippen LogP contribution is -2.09. The van der Waals surface area contributed by atoms with Gasteiger partial charge in [0.2, 0.25) is 0 Å². The predicted molar refractivity (Wildman–Crippen MR) is 63.9 cm³/mol. The first-order chi connectivity index (χ1) is 7.82. The number of aliphatic hydroxyl groups is 1. The van der Waals surface area contributed by atoms with Gasteiger partial charge in [0.15, 0.2) is 0 Å². The minimum Gasteiger partial charge on any atom is -0.507 e. The van der Waals surface area contributed by atoms with Crippen LogP contribution in [0.5, 0.6) is 0 Å². The van der Waals surface area contributed by atoms with Crippen LogP contribution in [0, 0.1) is 20.8 Å². The molecule has 17 heavy (non-hydrogen) atoms. The number of carbonyl (C=O) groups is 2. The zero-order valence-corrected chi connectivity index (χ0v) is 9.94. The van der Waals surface area contributed by atoms with Gasteiger partial charge >= 0.3 is 5.97 Å². The van der Waals surface area contributed by atoms with Crippen molar-refractivity contribution in [3.63, 3.8) is 0 Å². The number of carboxylic acid groups (broad SMARTS) is 1. The summed E-state index contributed by atoms with van der Waals surface area (Å²) in [5, 5.41) is 18.2. The summed E-state index contributed by atoms with van der Waals surface area (Å²) in [6.45, 7) is 5.61. The van der Waals surface area contributed by atoms with Crippen molar-refractivity contribution in [3.8, 4) is 0 Å². The van der Waals surface area contributed by atoms with Crippen molar-refractivity contribution in [3.05, 3.63) is 40.5 Å². The number of carboxylic acids is 1. The molecule has 0 radical (unpaired) electrons.